The van der Waals surface area contributed by atoms with Gasteiger partial charge in [-0.15, -0.1) is 10.2 Å². The van der Waals surface area contributed by atoms with E-state index in [1.807, 2.05) is 36.4 Å². The number of carbonyl (C=O) groups excluding carboxylic acids is 1. The summed E-state index contributed by atoms with van der Waals surface area (Å²) < 4.78 is 7.91. The normalized spacial score (nSPS) is 10.6. The molecule has 12 heteroatoms. The Hall–Kier alpha value is -3.90. The second-order valence-corrected chi connectivity index (χ2v) is 9.32. The Labute approximate surface area is 219 Å². The van der Waals surface area contributed by atoms with Crippen LogP contribution in [0.4, 0.5) is 16.2 Å². The highest BCUT2D eigenvalue weighted by Crippen LogP contribution is 2.27. The first-order chi connectivity index (χ1) is 17.4. The van der Waals surface area contributed by atoms with Gasteiger partial charge in [0, 0.05) is 33.7 Å². The minimum absolute atomic E-state index is 0.0227. The predicted octanol–water partition coefficient (Wildman–Crippen LogP) is 5.56. The van der Waals surface area contributed by atoms with Crippen LogP contribution in [0, 0.1) is 10.1 Å². The Kier molecular flexibility index (Phi) is 8.18. The molecule has 0 saturated heterocycles. The summed E-state index contributed by atoms with van der Waals surface area (Å²) in [5.41, 5.74) is 2.28. The number of thioether (sulfide) groups is 1. The van der Waals surface area contributed by atoms with E-state index in [0.29, 0.717) is 28.1 Å². The first-order valence-corrected chi connectivity index (χ1v) is 12.5. The van der Waals surface area contributed by atoms with Crippen molar-refractivity contribution >= 4 is 45.1 Å². The standard InChI is InChI=1S/C24H21BrN6O4S/c1-35-21-7-2-4-16(12-21)15-36-24-29-28-22(30(24)19-8-10-20(11-9-19)31(33)34)14-26-23(32)27-18-6-3-5-17(25)13-18/h2-13H,14-15H2,1H3,(H2,26,27,32). The van der Waals surface area contributed by atoms with Gasteiger partial charge in [-0.3, -0.25) is 14.7 Å². The number of anilines is 1. The van der Waals surface area contributed by atoms with Gasteiger partial charge in [0.05, 0.1) is 18.6 Å². The fourth-order valence-electron chi connectivity index (χ4n) is 3.30. The third kappa shape index (κ3) is 6.40. The van der Waals surface area contributed by atoms with Crippen LogP contribution in [-0.2, 0) is 12.3 Å². The van der Waals surface area contributed by atoms with Gasteiger partial charge in [-0.2, -0.15) is 0 Å². The van der Waals surface area contributed by atoms with Crippen molar-refractivity contribution in [3.05, 3.63) is 98.8 Å². The molecule has 0 fully saturated rings. The summed E-state index contributed by atoms with van der Waals surface area (Å²) in [5.74, 6) is 1.83. The van der Waals surface area contributed by atoms with E-state index in [9.17, 15) is 14.9 Å². The van der Waals surface area contributed by atoms with Crippen LogP contribution in [0.5, 0.6) is 5.75 Å². The largest absolute Gasteiger partial charge is 0.497 e. The van der Waals surface area contributed by atoms with Crippen LogP contribution in [0.1, 0.15) is 11.4 Å². The number of nitro groups is 1. The number of hydrogen-bond acceptors (Lipinski definition) is 7. The number of rotatable bonds is 9. The van der Waals surface area contributed by atoms with Crippen molar-refractivity contribution in [3.63, 3.8) is 0 Å². The Morgan fingerprint density at radius 3 is 2.61 bits per heavy atom. The third-order valence-corrected chi connectivity index (χ3v) is 6.50. The van der Waals surface area contributed by atoms with Gasteiger partial charge >= 0.3 is 6.03 Å². The van der Waals surface area contributed by atoms with Crippen molar-refractivity contribution in [2.24, 2.45) is 0 Å². The molecule has 4 rings (SSSR count). The second kappa shape index (κ2) is 11.7. The number of ether oxygens (including phenoxy) is 1. The SMILES string of the molecule is COc1cccc(CSc2nnc(CNC(=O)Nc3cccc(Br)c3)n2-c2ccc([N+](=O)[O-])cc2)c1. The minimum atomic E-state index is -0.455. The molecule has 0 unspecified atom stereocenters. The highest BCUT2D eigenvalue weighted by atomic mass is 79.9. The summed E-state index contributed by atoms with van der Waals surface area (Å²) in [7, 11) is 1.61. The van der Waals surface area contributed by atoms with Gasteiger partial charge in [0.25, 0.3) is 5.69 Å². The molecular formula is C24H21BrN6O4S. The lowest BCUT2D eigenvalue weighted by molar-refractivity contribution is -0.384. The smallest absolute Gasteiger partial charge is 0.319 e. The third-order valence-electron chi connectivity index (χ3n) is 5.01. The van der Waals surface area contributed by atoms with E-state index in [2.05, 4.69) is 36.8 Å². The average molecular weight is 569 g/mol. The Bertz CT molecular complexity index is 1380. The van der Waals surface area contributed by atoms with Crippen molar-refractivity contribution < 1.29 is 14.5 Å². The molecular weight excluding hydrogens is 548 g/mol. The molecule has 36 heavy (non-hydrogen) atoms. The molecule has 2 amide bonds. The number of amides is 2. The molecule has 0 saturated carbocycles. The lowest BCUT2D eigenvalue weighted by Crippen LogP contribution is -2.29. The molecule has 10 nitrogen and oxygen atoms in total. The number of benzene rings is 3. The van der Waals surface area contributed by atoms with Gasteiger partial charge in [0.2, 0.25) is 0 Å². The molecule has 184 valence electrons. The summed E-state index contributed by atoms with van der Waals surface area (Å²) in [6.45, 7) is 0.0868. The van der Waals surface area contributed by atoms with Gasteiger partial charge in [-0.1, -0.05) is 45.9 Å². The lowest BCUT2D eigenvalue weighted by Gasteiger charge is -2.12. The Morgan fingerprint density at radius 1 is 1.11 bits per heavy atom. The molecule has 2 N–H and O–H groups in total. The fraction of sp³-hybridized carbons (Fsp3) is 0.125. The Balaban J connectivity index is 1.54. The van der Waals surface area contributed by atoms with Gasteiger partial charge in [0.1, 0.15) is 5.75 Å². The van der Waals surface area contributed by atoms with E-state index in [-0.39, 0.29) is 12.2 Å². The molecule has 0 aliphatic rings. The fourth-order valence-corrected chi connectivity index (χ4v) is 4.62. The molecule has 1 heterocycles. The quantitative estimate of drug-likeness (QED) is 0.154. The average Bonchev–Trinajstić information content (AvgIpc) is 3.29. The highest BCUT2D eigenvalue weighted by Gasteiger charge is 2.17. The molecule has 0 radical (unpaired) electrons. The lowest BCUT2D eigenvalue weighted by atomic mass is 10.2. The molecule has 0 bridgehead atoms. The number of hydrogen-bond donors (Lipinski definition) is 2. The zero-order valence-electron chi connectivity index (χ0n) is 19.1. The summed E-state index contributed by atoms with van der Waals surface area (Å²) >= 11 is 4.83. The van der Waals surface area contributed by atoms with E-state index in [4.69, 9.17) is 4.74 Å². The molecule has 0 atom stereocenters. The van der Waals surface area contributed by atoms with Crippen molar-refractivity contribution in [1.82, 2.24) is 20.1 Å². The van der Waals surface area contributed by atoms with Gasteiger partial charge in [-0.25, -0.2) is 4.79 Å². The van der Waals surface area contributed by atoms with Crippen LogP contribution in [0.3, 0.4) is 0 Å². The van der Waals surface area contributed by atoms with E-state index in [1.54, 1.807) is 35.9 Å². The topological polar surface area (TPSA) is 124 Å². The van der Waals surface area contributed by atoms with Crippen LogP contribution >= 0.6 is 27.7 Å². The van der Waals surface area contributed by atoms with Gasteiger partial charge in [-0.05, 0) is 48.0 Å². The number of urea groups is 1. The predicted molar refractivity (Wildman–Crippen MR) is 141 cm³/mol. The van der Waals surface area contributed by atoms with Gasteiger partial charge in [0.15, 0.2) is 11.0 Å². The zero-order valence-corrected chi connectivity index (χ0v) is 21.5. The van der Waals surface area contributed by atoms with E-state index in [1.165, 1.54) is 23.9 Å². The summed E-state index contributed by atoms with van der Waals surface area (Å²) in [4.78, 5) is 23.1. The number of non-ortho nitro benzene ring substituents is 1. The maximum atomic E-state index is 12.5. The van der Waals surface area contributed by atoms with Gasteiger partial charge < -0.3 is 15.4 Å². The minimum Gasteiger partial charge on any atom is -0.497 e. The molecule has 4 aromatic rings. The number of nitro benzene ring substituents is 1. The van der Waals surface area contributed by atoms with Crippen LogP contribution in [-0.4, -0.2) is 32.8 Å². The number of halogens is 1. The summed E-state index contributed by atoms with van der Waals surface area (Å²) in [5, 5.41) is 25.8. The first kappa shape index (κ1) is 25.2. The molecule has 3 aromatic carbocycles. The van der Waals surface area contributed by atoms with Crippen molar-refractivity contribution in [1.29, 1.82) is 0 Å². The van der Waals surface area contributed by atoms with Crippen molar-refractivity contribution in [3.8, 4) is 11.4 Å². The number of nitrogens with zero attached hydrogens (tertiary/aromatic N) is 4. The monoisotopic (exact) mass is 568 g/mol. The maximum Gasteiger partial charge on any atom is 0.319 e. The second-order valence-electron chi connectivity index (χ2n) is 7.47. The van der Waals surface area contributed by atoms with E-state index >= 15 is 0 Å². The van der Waals surface area contributed by atoms with Crippen LogP contribution in [0.2, 0.25) is 0 Å². The number of nitrogens with one attached hydrogen (secondary N) is 2. The van der Waals surface area contributed by atoms with Crippen molar-refractivity contribution in [2.75, 3.05) is 12.4 Å². The van der Waals surface area contributed by atoms with E-state index in [0.717, 1.165) is 15.8 Å². The summed E-state index contributed by atoms with van der Waals surface area (Å²) in [6, 6.07) is 20.6. The molecule has 0 spiro atoms. The van der Waals surface area contributed by atoms with Crippen LogP contribution in [0.15, 0.2) is 82.4 Å². The first-order valence-electron chi connectivity index (χ1n) is 10.7. The van der Waals surface area contributed by atoms with Crippen LogP contribution in [0.25, 0.3) is 5.69 Å². The zero-order chi connectivity index (χ0) is 25.5. The van der Waals surface area contributed by atoms with E-state index < -0.39 is 11.0 Å². The molecule has 1 aromatic heterocycles. The van der Waals surface area contributed by atoms with Crippen molar-refractivity contribution in [2.45, 2.75) is 17.5 Å². The highest BCUT2D eigenvalue weighted by molar-refractivity contribution is 9.10. The number of carbonyl (C=O) groups is 1. The maximum absolute atomic E-state index is 12.5. The van der Waals surface area contributed by atoms with Crippen LogP contribution < -0.4 is 15.4 Å². The molecule has 0 aliphatic carbocycles. The molecule has 0 aliphatic heterocycles. The summed E-state index contributed by atoms with van der Waals surface area (Å²) in [6.07, 6.45) is 0. The number of methoxy groups -OCH3 is 1. The Morgan fingerprint density at radius 2 is 1.89 bits per heavy atom. The number of aromatic nitrogens is 3.